The number of likely N-dealkylation sites (N-methyl/N-ethyl adjacent to an activating group) is 1. The van der Waals surface area contributed by atoms with E-state index in [-0.39, 0.29) is 22.7 Å². The largest absolute Gasteiger partial charge is 0.373 e. The standard InChI is InChI=1S/C31H26Cl3FN8/c1-2-42-10-9-23(16-42)43-17-28(40-41-43)30(18-3-5-20(32)6-4-18)39-22-11-24-29(38-21-7-8-27(35)25(33)12-21)19(14-36)15-37-31(24)26(34)13-22/h3-8,11-13,15,17,23,30,39H,2,9-10,16H2,1H3,(H,37,38). The predicted octanol–water partition coefficient (Wildman–Crippen LogP) is 8.01. The van der Waals surface area contributed by atoms with Crippen LogP contribution >= 0.6 is 34.8 Å². The highest BCUT2D eigenvalue weighted by Crippen LogP contribution is 2.37. The Bertz CT molecular complexity index is 1840. The first kappa shape index (κ1) is 29.1. The number of anilines is 3. The zero-order valence-corrected chi connectivity index (χ0v) is 25.3. The monoisotopic (exact) mass is 634 g/mol. The number of rotatable bonds is 8. The molecule has 3 aromatic carbocycles. The SMILES string of the molecule is CCN1CCC(n2cc(C(Nc3cc(Cl)c4ncc(C#N)c(Nc5ccc(F)c(Cl)c5)c4c3)c3ccc(Cl)cc3)nn2)C1. The molecule has 1 aliphatic rings. The Morgan fingerprint density at radius 2 is 1.86 bits per heavy atom. The first-order valence-corrected chi connectivity index (χ1v) is 14.9. The molecule has 1 saturated heterocycles. The summed E-state index contributed by atoms with van der Waals surface area (Å²) in [5.41, 5.74) is 4.09. The molecule has 0 spiro atoms. The van der Waals surface area contributed by atoms with Gasteiger partial charge in [0.25, 0.3) is 0 Å². The fourth-order valence-electron chi connectivity index (χ4n) is 5.35. The van der Waals surface area contributed by atoms with Gasteiger partial charge in [0.1, 0.15) is 17.6 Å². The van der Waals surface area contributed by atoms with Crippen molar-refractivity contribution < 1.29 is 4.39 Å². The number of benzene rings is 3. The maximum atomic E-state index is 13.8. The molecule has 0 saturated carbocycles. The average molecular weight is 636 g/mol. The molecule has 1 aliphatic heterocycles. The van der Waals surface area contributed by atoms with Crippen LogP contribution in [0.1, 0.15) is 42.2 Å². The molecule has 12 heteroatoms. The average Bonchev–Trinajstić information content (AvgIpc) is 3.69. The molecule has 6 rings (SSSR count). The smallest absolute Gasteiger partial charge is 0.141 e. The first-order valence-electron chi connectivity index (χ1n) is 13.7. The number of halogens is 4. The molecule has 2 N–H and O–H groups in total. The quantitative estimate of drug-likeness (QED) is 0.178. The van der Waals surface area contributed by atoms with Crippen molar-refractivity contribution >= 4 is 62.8 Å². The molecule has 5 aromatic rings. The summed E-state index contributed by atoms with van der Waals surface area (Å²) in [4.78, 5) is 6.84. The van der Waals surface area contributed by atoms with Gasteiger partial charge in [-0.05, 0) is 61.0 Å². The normalized spacial score (nSPS) is 15.9. The van der Waals surface area contributed by atoms with Gasteiger partial charge in [0.05, 0.1) is 45.1 Å². The van der Waals surface area contributed by atoms with Gasteiger partial charge in [-0.25, -0.2) is 9.07 Å². The van der Waals surface area contributed by atoms with Crippen LogP contribution in [0.15, 0.2) is 67.0 Å². The van der Waals surface area contributed by atoms with Crippen molar-refractivity contribution in [2.24, 2.45) is 0 Å². The van der Waals surface area contributed by atoms with E-state index in [1.165, 1.54) is 18.3 Å². The van der Waals surface area contributed by atoms with Gasteiger partial charge in [-0.2, -0.15) is 5.26 Å². The summed E-state index contributed by atoms with van der Waals surface area (Å²) in [6.07, 6.45) is 4.45. The predicted molar refractivity (Wildman–Crippen MR) is 169 cm³/mol. The van der Waals surface area contributed by atoms with Crippen molar-refractivity contribution in [1.29, 1.82) is 5.26 Å². The number of aromatic nitrogens is 4. The van der Waals surface area contributed by atoms with Crippen molar-refractivity contribution in [3.8, 4) is 6.07 Å². The summed E-state index contributed by atoms with van der Waals surface area (Å²) in [6, 6.07) is 17.5. The summed E-state index contributed by atoms with van der Waals surface area (Å²) in [6.45, 7) is 5.13. The molecule has 2 atom stereocenters. The van der Waals surface area contributed by atoms with E-state index >= 15 is 0 Å². The third kappa shape index (κ3) is 6.10. The molecular weight excluding hydrogens is 610 g/mol. The van der Waals surface area contributed by atoms with Gasteiger partial charge in [0, 0.05) is 41.1 Å². The lowest BCUT2D eigenvalue weighted by Crippen LogP contribution is -2.21. The fourth-order valence-corrected chi connectivity index (χ4v) is 5.92. The molecule has 0 aliphatic carbocycles. The Kier molecular flexibility index (Phi) is 8.37. The second-order valence-corrected chi connectivity index (χ2v) is 11.6. The number of pyridine rings is 1. The van der Waals surface area contributed by atoms with E-state index < -0.39 is 5.82 Å². The molecule has 8 nitrogen and oxygen atoms in total. The van der Waals surface area contributed by atoms with E-state index in [2.05, 4.69) is 43.8 Å². The van der Waals surface area contributed by atoms with Crippen LogP contribution in [0.4, 0.5) is 21.5 Å². The second kappa shape index (κ2) is 12.3. The summed E-state index contributed by atoms with van der Waals surface area (Å²) < 4.78 is 15.8. The van der Waals surface area contributed by atoms with Crippen molar-refractivity contribution in [2.45, 2.75) is 25.4 Å². The van der Waals surface area contributed by atoms with Crippen LogP contribution in [0.5, 0.6) is 0 Å². The van der Waals surface area contributed by atoms with Gasteiger partial charge < -0.3 is 15.5 Å². The van der Waals surface area contributed by atoms with E-state index in [0.717, 1.165) is 37.3 Å². The van der Waals surface area contributed by atoms with Gasteiger partial charge >= 0.3 is 0 Å². The molecule has 1 fully saturated rings. The Balaban J connectivity index is 1.40. The van der Waals surface area contributed by atoms with Crippen LogP contribution < -0.4 is 10.6 Å². The Morgan fingerprint density at radius 1 is 1.07 bits per heavy atom. The Hall–Kier alpha value is -3.94. The van der Waals surface area contributed by atoms with Crippen LogP contribution in [0.25, 0.3) is 10.9 Å². The summed E-state index contributed by atoms with van der Waals surface area (Å²) in [7, 11) is 0. The third-order valence-corrected chi connectivity index (χ3v) is 8.47. The van der Waals surface area contributed by atoms with E-state index in [4.69, 9.17) is 34.8 Å². The first-order chi connectivity index (χ1) is 20.8. The number of likely N-dealkylation sites (tertiary alicyclic amines) is 1. The van der Waals surface area contributed by atoms with E-state index in [1.807, 2.05) is 41.2 Å². The molecule has 0 bridgehead atoms. The second-order valence-electron chi connectivity index (χ2n) is 10.4. The highest BCUT2D eigenvalue weighted by Gasteiger charge is 2.26. The van der Waals surface area contributed by atoms with Gasteiger partial charge in [0.2, 0.25) is 0 Å². The molecular formula is C31H26Cl3FN8. The molecule has 2 unspecified atom stereocenters. The van der Waals surface area contributed by atoms with Crippen molar-refractivity contribution in [1.82, 2.24) is 24.9 Å². The summed E-state index contributed by atoms with van der Waals surface area (Å²) in [5, 5.41) is 27.3. The van der Waals surface area contributed by atoms with Gasteiger partial charge in [-0.15, -0.1) is 5.10 Å². The van der Waals surface area contributed by atoms with Crippen LogP contribution in [-0.4, -0.2) is 44.5 Å². The topological polar surface area (TPSA) is 94.7 Å². The molecule has 0 amide bonds. The molecule has 2 aromatic heterocycles. The van der Waals surface area contributed by atoms with Crippen LogP contribution in [0.3, 0.4) is 0 Å². The minimum absolute atomic E-state index is 0.0406. The highest BCUT2D eigenvalue weighted by molar-refractivity contribution is 6.36. The number of nitriles is 1. The maximum Gasteiger partial charge on any atom is 0.141 e. The van der Waals surface area contributed by atoms with Crippen LogP contribution in [0, 0.1) is 17.1 Å². The zero-order valence-electron chi connectivity index (χ0n) is 23.0. The number of hydrogen-bond donors (Lipinski definition) is 2. The van der Waals surface area contributed by atoms with Gasteiger partial charge in [-0.1, -0.05) is 59.1 Å². The lowest BCUT2D eigenvalue weighted by molar-refractivity contribution is 0.334. The lowest BCUT2D eigenvalue weighted by Gasteiger charge is -2.20. The minimum atomic E-state index is -0.539. The van der Waals surface area contributed by atoms with E-state index in [9.17, 15) is 9.65 Å². The summed E-state index contributed by atoms with van der Waals surface area (Å²) >= 11 is 19.0. The van der Waals surface area contributed by atoms with Crippen molar-refractivity contribution in [3.05, 3.63) is 105 Å². The molecule has 0 radical (unpaired) electrons. The summed E-state index contributed by atoms with van der Waals surface area (Å²) in [5.74, 6) is -0.539. The number of nitrogens with zero attached hydrogens (tertiary/aromatic N) is 6. The molecule has 218 valence electrons. The van der Waals surface area contributed by atoms with E-state index in [0.29, 0.717) is 38.0 Å². The third-order valence-electron chi connectivity index (χ3n) is 7.64. The van der Waals surface area contributed by atoms with Crippen molar-refractivity contribution in [3.63, 3.8) is 0 Å². The lowest BCUT2D eigenvalue weighted by atomic mass is 10.0. The highest BCUT2D eigenvalue weighted by atomic mass is 35.5. The fraction of sp³-hybridized carbons (Fsp3) is 0.226. The van der Waals surface area contributed by atoms with Gasteiger partial charge in [0.15, 0.2) is 0 Å². The minimum Gasteiger partial charge on any atom is -0.373 e. The number of nitrogens with one attached hydrogen (secondary N) is 2. The number of fused-ring (bicyclic) bond motifs is 1. The Morgan fingerprint density at radius 3 is 2.58 bits per heavy atom. The molecule has 3 heterocycles. The van der Waals surface area contributed by atoms with Gasteiger partial charge in [-0.3, -0.25) is 4.98 Å². The van der Waals surface area contributed by atoms with Crippen molar-refractivity contribution in [2.75, 3.05) is 30.3 Å². The zero-order chi connectivity index (χ0) is 30.1. The maximum absolute atomic E-state index is 13.8. The molecule has 43 heavy (non-hydrogen) atoms. The van der Waals surface area contributed by atoms with E-state index in [1.54, 1.807) is 12.1 Å². The number of hydrogen-bond acceptors (Lipinski definition) is 7. The van der Waals surface area contributed by atoms with Crippen LogP contribution in [0.2, 0.25) is 15.1 Å². The Labute approximate surface area is 263 Å². The van der Waals surface area contributed by atoms with Crippen LogP contribution in [-0.2, 0) is 0 Å².